The Kier molecular flexibility index (Phi) is 4.86. The lowest BCUT2D eigenvalue weighted by molar-refractivity contribution is -0.125. The van der Waals surface area contributed by atoms with Gasteiger partial charge in [-0.2, -0.15) is 0 Å². The number of fused-ring (bicyclic) bond motifs is 1. The SMILES string of the molecule is CC(C)n1cc(CN2C[C@@H](c3cccnc3)[C@@]3(CCCC(=O)N3)C2)c2ccccc21. The van der Waals surface area contributed by atoms with Crippen molar-refractivity contribution < 1.29 is 4.79 Å². The minimum atomic E-state index is -0.186. The van der Waals surface area contributed by atoms with Crippen molar-refractivity contribution in [3.05, 3.63) is 66.1 Å². The van der Waals surface area contributed by atoms with Crippen LogP contribution in [0.2, 0.25) is 0 Å². The van der Waals surface area contributed by atoms with Gasteiger partial charge < -0.3 is 9.88 Å². The van der Waals surface area contributed by atoms with Gasteiger partial charge in [0.1, 0.15) is 0 Å². The summed E-state index contributed by atoms with van der Waals surface area (Å²) >= 11 is 0. The number of benzene rings is 1. The minimum Gasteiger partial charge on any atom is -0.349 e. The number of pyridine rings is 1. The molecule has 0 bridgehead atoms. The Hall–Kier alpha value is -2.66. The molecule has 0 aliphatic carbocycles. The molecule has 2 aromatic heterocycles. The van der Waals surface area contributed by atoms with E-state index in [0.29, 0.717) is 12.5 Å². The highest BCUT2D eigenvalue weighted by atomic mass is 16.1. The molecule has 2 aliphatic heterocycles. The van der Waals surface area contributed by atoms with Crippen LogP contribution in [0.4, 0.5) is 0 Å². The van der Waals surface area contributed by atoms with Crippen LogP contribution in [0.5, 0.6) is 0 Å². The zero-order chi connectivity index (χ0) is 20.7. The zero-order valence-corrected chi connectivity index (χ0v) is 17.8. The third kappa shape index (κ3) is 3.31. The van der Waals surface area contributed by atoms with Gasteiger partial charge in [-0.3, -0.25) is 14.7 Å². The van der Waals surface area contributed by atoms with Crippen LogP contribution >= 0.6 is 0 Å². The highest BCUT2D eigenvalue weighted by molar-refractivity contribution is 5.84. The second kappa shape index (κ2) is 7.55. The molecular weight excluding hydrogens is 372 g/mol. The number of nitrogens with zero attached hydrogens (tertiary/aromatic N) is 3. The van der Waals surface area contributed by atoms with Crippen LogP contribution in [0.1, 0.15) is 56.2 Å². The number of hydrogen-bond acceptors (Lipinski definition) is 3. The molecule has 5 nitrogen and oxygen atoms in total. The van der Waals surface area contributed by atoms with Crippen molar-refractivity contribution in [2.75, 3.05) is 13.1 Å². The monoisotopic (exact) mass is 402 g/mol. The Balaban J connectivity index is 1.48. The molecule has 156 valence electrons. The van der Waals surface area contributed by atoms with Crippen molar-refractivity contribution in [3.63, 3.8) is 0 Å². The molecule has 4 heterocycles. The van der Waals surface area contributed by atoms with Crippen molar-refractivity contribution in [3.8, 4) is 0 Å². The highest BCUT2D eigenvalue weighted by Crippen LogP contribution is 2.42. The lowest BCUT2D eigenvalue weighted by Gasteiger charge is -2.39. The maximum atomic E-state index is 12.4. The van der Waals surface area contributed by atoms with Gasteiger partial charge in [-0.05, 0) is 49.9 Å². The van der Waals surface area contributed by atoms with Crippen LogP contribution in [0, 0.1) is 0 Å². The largest absolute Gasteiger partial charge is 0.349 e. The molecule has 1 amide bonds. The molecule has 2 aliphatic rings. The average molecular weight is 403 g/mol. The predicted molar refractivity (Wildman–Crippen MR) is 119 cm³/mol. The molecule has 2 fully saturated rings. The number of nitrogens with one attached hydrogen (secondary N) is 1. The van der Waals surface area contributed by atoms with Gasteiger partial charge in [0, 0.05) is 67.5 Å². The van der Waals surface area contributed by atoms with Crippen molar-refractivity contribution in [2.24, 2.45) is 0 Å². The molecule has 1 aromatic carbocycles. The Morgan fingerprint density at radius 2 is 2.10 bits per heavy atom. The number of amides is 1. The van der Waals surface area contributed by atoms with E-state index in [2.05, 4.69) is 70.1 Å². The van der Waals surface area contributed by atoms with Gasteiger partial charge >= 0.3 is 0 Å². The number of aromatic nitrogens is 2. The summed E-state index contributed by atoms with van der Waals surface area (Å²) < 4.78 is 2.37. The Bertz CT molecular complexity index is 1060. The Morgan fingerprint density at radius 1 is 1.23 bits per heavy atom. The third-order valence-corrected chi connectivity index (χ3v) is 6.89. The molecule has 30 heavy (non-hydrogen) atoms. The summed E-state index contributed by atoms with van der Waals surface area (Å²) in [5.74, 6) is 0.460. The normalized spacial score (nSPS) is 24.8. The van der Waals surface area contributed by atoms with Gasteiger partial charge in [0.15, 0.2) is 0 Å². The summed E-state index contributed by atoms with van der Waals surface area (Å²) in [7, 11) is 0. The first-order valence-electron chi connectivity index (χ1n) is 11.1. The van der Waals surface area contributed by atoms with Crippen LogP contribution < -0.4 is 5.32 Å². The van der Waals surface area contributed by atoms with Crippen LogP contribution in [-0.4, -0.2) is 39.0 Å². The standard InChI is InChI=1S/C25H30N4O/c1-18(2)29-15-20(21-8-3-4-9-23(21)29)14-28-16-22(19-7-6-12-26-13-19)25(17-28)11-5-10-24(30)27-25/h3-4,6-9,12-13,15,18,22H,5,10-11,14,16-17H2,1-2H3,(H,27,30)/t22-,25+/m0/s1. The number of hydrogen-bond donors (Lipinski definition) is 1. The van der Waals surface area contributed by atoms with E-state index in [1.165, 1.54) is 22.0 Å². The van der Waals surface area contributed by atoms with Crippen molar-refractivity contribution in [2.45, 2.75) is 57.2 Å². The van der Waals surface area contributed by atoms with E-state index in [-0.39, 0.29) is 17.4 Å². The molecule has 1 spiro atoms. The molecular formula is C25H30N4O. The molecule has 3 aromatic rings. The fourth-order valence-electron chi connectivity index (χ4n) is 5.55. The second-order valence-corrected chi connectivity index (χ2v) is 9.24. The summed E-state index contributed by atoms with van der Waals surface area (Å²) in [5.41, 5.74) is 3.70. The van der Waals surface area contributed by atoms with E-state index in [1.807, 2.05) is 18.5 Å². The number of para-hydroxylation sites is 1. The summed E-state index contributed by atoms with van der Waals surface area (Å²) in [6, 6.07) is 13.3. The van der Waals surface area contributed by atoms with E-state index in [4.69, 9.17) is 0 Å². The summed E-state index contributed by atoms with van der Waals surface area (Å²) in [6.45, 7) is 7.19. The molecule has 0 saturated carbocycles. The molecule has 1 N–H and O–H groups in total. The van der Waals surface area contributed by atoms with Crippen LogP contribution in [0.25, 0.3) is 10.9 Å². The number of piperidine rings is 1. The van der Waals surface area contributed by atoms with Gasteiger partial charge in [-0.1, -0.05) is 24.3 Å². The zero-order valence-electron chi connectivity index (χ0n) is 17.8. The Morgan fingerprint density at radius 3 is 2.87 bits per heavy atom. The summed E-state index contributed by atoms with van der Waals surface area (Å²) in [5, 5.41) is 4.73. The predicted octanol–water partition coefficient (Wildman–Crippen LogP) is 4.26. The first-order chi connectivity index (χ1) is 14.6. The van der Waals surface area contributed by atoms with Gasteiger partial charge in [-0.15, -0.1) is 0 Å². The van der Waals surface area contributed by atoms with E-state index >= 15 is 0 Å². The van der Waals surface area contributed by atoms with E-state index in [9.17, 15) is 4.79 Å². The van der Waals surface area contributed by atoms with Crippen LogP contribution in [0.15, 0.2) is 55.0 Å². The topological polar surface area (TPSA) is 50.2 Å². The molecule has 2 atom stereocenters. The smallest absolute Gasteiger partial charge is 0.220 e. The summed E-state index contributed by atoms with van der Waals surface area (Å²) in [4.78, 5) is 19.3. The van der Waals surface area contributed by atoms with E-state index in [1.54, 1.807) is 0 Å². The molecule has 0 radical (unpaired) electrons. The first kappa shape index (κ1) is 19.3. The van der Waals surface area contributed by atoms with Crippen molar-refractivity contribution >= 4 is 16.8 Å². The maximum Gasteiger partial charge on any atom is 0.220 e. The molecule has 2 saturated heterocycles. The Labute approximate surface area is 178 Å². The van der Waals surface area contributed by atoms with Gasteiger partial charge in [0.05, 0.1) is 5.54 Å². The molecule has 0 unspecified atom stereocenters. The van der Waals surface area contributed by atoms with Gasteiger partial charge in [-0.25, -0.2) is 0 Å². The quantitative estimate of drug-likeness (QED) is 0.710. The number of likely N-dealkylation sites (tertiary alicyclic amines) is 1. The van der Waals surface area contributed by atoms with Gasteiger partial charge in [0.2, 0.25) is 5.91 Å². The van der Waals surface area contributed by atoms with Crippen LogP contribution in [-0.2, 0) is 11.3 Å². The number of carbonyl (C=O) groups is 1. The second-order valence-electron chi connectivity index (χ2n) is 9.24. The lowest BCUT2D eigenvalue weighted by atomic mass is 9.77. The molecule has 5 heteroatoms. The van der Waals surface area contributed by atoms with Crippen molar-refractivity contribution in [1.82, 2.24) is 19.8 Å². The number of carbonyl (C=O) groups excluding carboxylic acids is 1. The average Bonchev–Trinajstić information content (AvgIpc) is 3.27. The lowest BCUT2D eigenvalue weighted by Crippen LogP contribution is -2.56. The fraction of sp³-hybridized carbons (Fsp3) is 0.440. The highest BCUT2D eigenvalue weighted by Gasteiger charge is 2.49. The maximum absolute atomic E-state index is 12.4. The summed E-state index contributed by atoms with van der Waals surface area (Å²) in [6.07, 6.45) is 8.75. The number of rotatable bonds is 4. The fourth-order valence-corrected chi connectivity index (χ4v) is 5.55. The van der Waals surface area contributed by atoms with E-state index < -0.39 is 0 Å². The van der Waals surface area contributed by atoms with E-state index in [0.717, 1.165) is 32.5 Å². The van der Waals surface area contributed by atoms with Crippen LogP contribution in [0.3, 0.4) is 0 Å². The van der Waals surface area contributed by atoms with Gasteiger partial charge in [0.25, 0.3) is 0 Å². The minimum absolute atomic E-state index is 0.186. The van der Waals surface area contributed by atoms with Crippen molar-refractivity contribution in [1.29, 1.82) is 0 Å². The molecule has 5 rings (SSSR count). The first-order valence-corrected chi connectivity index (χ1v) is 11.1. The third-order valence-electron chi connectivity index (χ3n) is 6.89.